The van der Waals surface area contributed by atoms with Gasteiger partial charge in [0.1, 0.15) is 6.33 Å². The maximum Gasteiger partial charge on any atom is 0.216 e. The van der Waals surface area contributed by atoms with Gasteiger partial charge < -0.3 is 5.32 Å². The number of aromatic amines is 1. The zero-order valence-corrected chi connectivity index (χ0v) is 12.9. The molecule has 21 heavy (non-hydrogen) atoms. The number of halogens is 1. The van der Waals surface area contributed by atoms with Crippen LogP contribution in [0.2, 0.25) is 5.15 Å². The number of hydrogen-bond donors (Lipinski definition) is 2. The second-order valence-corrected chi connectivity index (χ2v) is 5.69. The van der Waals surface area contributed by atoms with E-state index < -0.39 is 0 Å². The molecule has 0 spiro atoms. The molecule has 0 radical (unpaired) electrons. The van der Waals surface area contributed by atoms with E-state index in [-0.39, 0.29) is 0 Å². The van der Waals surface area contributed by atoms with E-state index in [2.05, 4.69) is 25.6 Å². The quantitative estimate of drug-likeness (QED) is 0.563. The lowest BCUT2D eigenvalue weighted by molar-refractivity contribution is 0.863. The normalized spacial score (nSPS) is 11.1. The second-order valence-electron chi connectivity index (χ2n) is 3.92. The lowest BCUT2D eigenvalue weighted by Crippen LogP contribution is -1.87. The van der Waals surface area contributed by atoms with Crippen molar-refractivity contribution >= 4 is 52.2 Å². The number of benzene rings is 1. The van der Waals surface area contributed by atoms with Gasteiger partial charge in [0.15, 0.2) is 10.3 Å². The van der Waals surface area contributed by atoms with E-state index in [0.717, 1.165) is 10.6 Å². The summed E-state index contributed by atoms with van der Waals surface area (Å²) in [6.45, 7) is 0. The summed E-state index contributed by atoms with van der Waals surface area (Å²) in [7, 11) is 0. The van der Waals surface area contributed by atoms with Crippen molar-refractivity contribution in [3.05, 3.63) is 51.5 Å². The van der Waals surface area contributed by atoms with Gasteiger partial charge in [-0.25, -0.2) is 4.98 Å². The fourth-order valence-corrected chi connectivity index (χ4v) is 2.72. The van der Waals surface area contributed by atoms with Gasteiger partial charge in [-0.05, 0) is 24.4 Å². The first-order valence-electron chi connectivity index (χ1n) is 5.87. The Balaban J connectivity index is 1.80. The number of aromatic nitrogens is 4. The van der Waals surface area contributed by atoms with Crippen LogP contribution < -0.4 is 5.32 Å². The van der Waals surface area contributed by atoms with Crippen LogP contribution in [0.25, 0.3) is 0 Å². The van der Waals surface area contributed by atoms with Crippen LogP contribution in [0.15, 0.2) is 41.8 Å². The Morgan fingerprint density at radius 3 is 2.90 bits per heavy atom. The maximum absolute atomic E-state index is 6.10. The first kappa shape index (κ1) is 13.9. The van der Waals surface area contributed by atoms with Crippen molar-refractivity contribution in [3.8, 4) is 0 Å². The molecule has 0 aliphatic carbocycles. The Morgan fingerprint density at radius 1 is 1.38 bits per heavy atom. The largest absolute Gasteiger partial charge is 0.331 e. The average molecular weight is 337 g/mol. The highest BCUT2D eigenvalue weighted by Gasteiger charge is 2.07. The molecule has 2 N–H and O–H groups in total. The average Bonchev–Trinajstić information content (AvgIpc) is 3.04. The van der Waals surface area contributed by atoms with Crippen molar-refractivity contribution in [2.75, 3.05) is 5.32 Å². The van der Waals surface area contributed by atoms with Crippen LogP contribution in [-0.4, -0.2) is 26.1 Å². The molecule has 0 bridgehead atoms. The standard InChI is InChI=1S/C12H9ClN6S2/c13-10-9(6-15-19-7-14-18-12(19)20)21-11(17-10)16-8-4-2-1-3-5-8/h1-7H,(H,16,17)(H,18,20)/b15-6+. The molecule has 3 rings (SSSR count). The van der Waals surface area contributed by atoms with Crippen molar-refractivity contribution in [3.63, 3.8) is 0 Å². The topological polar surface area (TPSA) is 70.9 Å². The number of anilines is 2. The van der Waals surface area contributed by atoms with Crippen molar-refractivity contribution in [2.24, 2.45) is 5.10 Å². The number of para-hydroxylation sites is 1. The number of H-pyrrole nitrogens is 1. The van der Waals surface area contributed by atoms with Gasteiger partial charge in [-0.3, -0.25) is 5.10 Å². The molecular formula is C12H9ClN6S2. The van der Waals surface area contributed by atoms with Gasteiger partial charge in [-0.2, -0.15) is 14.9 Å². The van der Waals surface area contributed by atoms with E-state index >= 15 is 0 Å². The third-order valence-corrected chi connectivity index (χ3v) is 4.05. The van der Waals surface area contributed by atoms with Gasteiger partial charge in [-0.15, -0.1) is 0 Å². The summed E-state index contributed by atoms with van der Waals surface area (Å²) in [5.41, 5.74) is 0.948. The van der Waals surface area contributed by atoms with Crippen LogP contribution in [-0.2, 0) is 0 Å². The minimum atomic E-state index is 0.386. The molecule has 1 aromatic carbocycles. The zero-order valence-electron chi connectivity index (χ0n) is 10.5. The Hall–Kier alpha value is -2.03. The first-order valence-corrected chi connectivity index (χ1v) is 7.47. The van der Waals surface area contributed by atoms with Crippen molar-refractivity contribution in [2.45, 2.75) is 0 Å². The molecular weight excluding hydrogens is 328 g/mol. The van der Waals surface area contributed by atoms with Gasteiger partial charge in [0.25, 0.3) is 0 Å². The predicted molar refractivity (Wildman–Crippen MR) is 87.3 cm³/mol. The summed E-state index contributed by atoms with van der Waals surface area (Å²) in [5, 5.41) is 14.8. The van der Waals surface area contributed by atoms with Gasteiger partial charge in [0.2, 0.25) is 4.77 Å². The molecule has 0 fully saturated rings. The molecule has 2 aromatic heterocycles. The van der Waals surface area contributed by atoms with Crippen molar-refractivity contribution in [1.82, 2.24) is 19.9 Å². The highest BCUT2D eigenvalue weighted by atomic mass is 35.5. The number of rotatable bonds is 4. The van der Waals surface area contributed by atoms with Crippen LogP contribution in [0.1, 0.15) is 4.88 Å². The van der Waals surface area contributed by atoms with Gasteiger partial charge in [0.05, 0.1) is 11.1 Å². The predicted octanol–water partition coefficient (Wildman–Crippen LogP) is 3.68. The van der Waals surface area contributed by atoms with Crippen LogP contribution in [0, 0.1) is 4.77 Å². The van der Waals surface area contributed by atoms with Gasteiger partial charge in [-0.1, -0.05) is 41.1 Å². The lowest BCUT2D eigenvalue weighted by atomic mass is 10.3. The van der Waals surface area contributed by atoms with E-state index in [1.165, 1.54) is 22.3 Å². The molecule has 0 aliphatic rings. The van der Waals surface area contributed by atoms with E-state index in [4.69, 9.17) is 23.8 Å². The van der Waals surface area contributed by atoms with Crippen LogP contribution in [0.3, 0.4) is 0 Å². The van der Waals surface area contributed by atoms with E-state index in [9.17, 15) is 0 Å². The summed E-state index contributed by atoms with van der Waals surface area (Å²) in [4.78, 5) is 4.99. The molecule has 0 atom stereocenters. The number of nitrogens with zero attached hydrogens (tertiary/aromatic N) is 4. The van der Waals surface area contributed by atoms with Gasteiger partial charge >= 0.3 is 0 Å². The molecule has 106 valence electrons. The fraction of sp³-hybridized carbons (Fsp3) is 0. The number of hydrogen-bond acceptors (Lipinski definition) is 6. The summed E-state index contributed by atoms with van der Waals surface area (Å²) < 4.78 is 1.85. The third kappa shape index (κ3) is 3.35. The highest BCUT2D eigenvalue weighted by Crippen LogP contribution is 2.27. The number of nitrogens with one attached hydrogen (secondary N) is 2. The minimum absolute atomic E-state index is 0.386. The molecule has 0 amide bonds. The minimum Gasteiger partial charge on any atom is -0.331 e. The van der Waals surface area contributed by atoms with Crippen LogP contribution >= 0.6 is 35.2 Å². The van der Waals surface area contributed by atoms with Crippen LogP contribution in [0.4, 0.5) is 10.8 Å². The first-order chi connectivity index (χ1) is 10.2. The number of thiazole rings is 1. The Kier molecular flexibility index (Phi) is 4.09. The van der Waals surface area contributed by atoms with Crippen LogP contribution in [0.5, 0.6) is 0 Å². The molecule has 9 heteroatoms. The molecule has 0 unspecified atom stereocenters. The molecule has 0 aliphatic heterocycles. The molecule has 0 saturated carbocycles. The molecule has 2 heterocycles. The third-order valence-electron chi connectivity index (χ3n) is 2.47. The van der Waals surface area contributed by atoms with E-state index in [1.807, 2.05) is 30.3 Å². The molecule has 6 nitrogen and oxygen atoms in total. The van der Waals surface area contributed by atoms with Crippen molar-refractivity contribution in [1.29, 1.82) is 0 Å². The van der Waals surface area contributed by atoms with E-state index in [1.54, 1.807) is 6.21 Å². The summed E-state index contributed by atoms with van der Waals surface area (Å²) in [6.07, 6.45) is 3.08. The Morgan fingerprint density at radius 2 is 2.19 bits per heavy atom. The Bertz CT molecular complexity index is 820. The summed E-state index contributed by atoms with van der Waals surface area (Å²) in [6, 6.07) is 9.75. The zero-order chi connectivity index (χ0) is 14.7. The fourth-order valence-electron chi connectivity index (χ4n) is 1.53. The van der Waals surface area contributed by atoms with E-state index in [0.29, 0.717) is 15.1 Å². The Labute approximate surface area is 134 Å². The molecule has 3 aromatic rings. The molecule has 0 saturated heterocycles. The SMILES string of the molecule is S=c1[nH]ncn1/N=C/c1sc(Nc2ccccc2)nc1Cl. The smallest absolute Gasteiger partial charge is 0.216 e. The second kappa shape index (κ2) is 6.17. The monoisotopic (exact) mass is 336 g/mol. The summed E-state index contributed by atoms with van der Waals surface area (Å²) in [5.74, 6) is 0. The van der Waals surface area contributed by atoms with Gasteiger partial charge in [0, 0.05) is 5.69 Å². The summed E-state index contributed by atoms with van der Waals surface area (Å²) >= 11 is 12.5. The maximum atomic E-state index is 6.10. The lowest BCUT2D eigenvalue weighted by Gasteiger charge is -1.99. The highest BCUT2D eigenvalue weighted by molar-refractivity contribution is 7.71. The van der Waals surface area contributed by atoms with Crippen molar-refractivity contribution < 1.29 is 0 Å².